The molecule has 1 unspecified atom stereocenters. The molecule has 0 saturated carbocycles. The van der Waals surface area contributed by atoms with E-state index >= 15 is 0 Å². The van der Waals surface area contributed by atoms with Crippen LogP contribution in [0.2, 0.25) is 8.67 Å². The molecule has 0 spiro atoms. The van der Waals surface area contributed by atoms with Crippen LogP contribution in [0.25, 0.3) is 0 Å². The Labute approximate surface area is 127 Å². The Bertz CT molecular complexity index is 573. The molecule has 6 heteroatoms. The molecule has 1 aromatic heterocycles. The monoisotopic (exact) mass is 367 g/mol. The van der Waals surface area contributed by atoms with Crippen molar-refractivity contribution in [3.63, 3.8) is 0 Å². The van der Waals surface area contributed by atoms with Gasteiger partial charge in [0.25, 0.3) is 0 Å². The normalized spacial score (nSPS) is 12.7. The van der Waals surface area contributed by atoms with Gasteiger partial charge < -0.3 is 5.73 Å². The summed E-state index contributed by atoms with van der Waals surface area (Å²) in [7, 11) is 0. The number of thiophene rings is 1. The van der Waals surface area contributed by atoms with Crippen LogP contribution in [-0.2, 0) is 6.42 Å². The molecule has 1 heterocycles. The minimum atomic E-state index is -0.370. The van der Waals surface area contributed by atoms with Crippen molar-refractivity contribution in [2.45, 2.75) is 12.5 Å². The molecule has 0 amide bonds. The van der Waals surface area contributed by atoms with E-state index < -0.39 is 0 Å². The number of hydrogen-bond donors (Lipinski definition) is 1. The summed E-state index contributed by atoms with van der Waals surface area (Å²) in [6.45, 7) is 0. The van der Waals surface area contributed by atoms with Gasteiger partial charge in [-0.25, -0.2) is 4.39 Å². The summed E-state index contributed by atoms with van der Waals surface area (Å²) in [5.74, 6) is -0.272. The fourth-order valence-electron chi connectivity index (χ4n) is 1.65. The predicted molar refractivity (Wildman–Crippen MR) is 79.1 cm³/mol. The number of halogens is 4. The van der Waals surface area contributed by atoms with Crippen LogP contribution in [0.4, 0.5) is 4.39 Å². The largest absolute Gasteiger partial charge is 0.324 e. The molecule has 0 saturated heterocycles. The van der Waals surface area contributed by atoms with Gasteiger partial charge in [0.15, 0.2) is 0 Å². The maximum atomic E-state index is 13.6. The smallest absolute Gasteiger partial charge is 0.126 e. The van der Waals surface area contributed by atoms with Crippen LogP contribution in [0.1, 0.15) is 17.2 Å². The van der Waals surface area contributed by atoms with Crippen molar-refractivity contribution in [3.05, 3.63) is 54.4 Å². The Morgan fingerprint density at radius 1 is 1.33 bits per heavy atom. The number of benzene rings is 1. The van der Waals surface area contributed by atoms with Crippen LogP contribution in [0.5, 0.6) is 0 Å². The molecule has 2 aromatic rings. The first-order valence-corrected chi connectivity index (χ1v) is 7.48. The Kier molecular flexibility index (Phi) is 4.67. The number of nitrogens with two attached hydrogens (primary N) is 1. The second-order valence-corrected chi connectivity index (χ2v) is 7.03. The highest BCUT2D eigenvalue weighted by molar-refractivity contribution is 9.10. The molecule has 0 radical (unpaired) electrons. The summed E-state index contributed by atoms with van der Waals surface area (Å²) in [6, 6.07) is 6.14. The minimum Gasteiger partial charge on any atom is -0.324 e. The topological polar surface area (TPSA) is 26.0 Å². The van der Waals surface area contributed by atoms with Crippen molar-refractivity contribution in [1.29, 1.82) is 0 Å². The first-order chi connectivity index (χ1) is 8.47. The molecule has 0 aliphatic carbocycles. The van der Waals surface area contributed by atoms with E-state index in [0.717, 1.165) is 10.0 Å². The molecule has 0 aliphatic rings. The molecule has 18 heavy (non-hydrogen) atoms. The highest BCUT2D eigenvalue weighted by Gasteiger charge is 2.16. The molecule has 2 rings (SSSR count). The van der Waals surface area contributed by atoms with Gasteiger partial charge in [0.2, 0.25) is 0 Å². The van der Waals surface area contributed by atoms with E-state index in [-0.39, 0.29) is 11.9 Å². The number of rotatable bonds is 3. The number of hydrogen-bond acceptors (Lipinski definition) is 2. The average molecular weight is 369 g/mol. The Balaban J connectivity index is 2.23. The lowest BCUT2D eigenvalue weighted by molar-refractivity contribution is 0.593. The molecule has 0 bridgehead atoms. The summed E-state index contributed by atoms with van der Waals surface area (Å²) in [6.07, 6.45) is 0.373. The van der Waals surface area contributed by atoms with Crippen molar-refractivity contribution < 1.29 is 4.39 Å². The zero-order valence-electron chi connectivity index (χ0n) is 9.09. The van der Waals surface area contributed by atoms with Crippen LogP contribution in [-0.4, -0.2) is 0 Å². The van der Waals surface area contributed by atoms with Gasteiger partial charge in [0.1, 0.15) is 5.82 Å². The van der Waals surface area contributed by atoms with Crippen molar-refractivity contribution in [2.75, 3.05) is 0 Å². The Hall–Kier alpha value is -0.130. The summed E-state index contributed by atoms with van der Waals surface area (Å²) in [5, 5.41) is 0. The molecular weight excluding hydrogens is 360 g/mol. The first kappa shape index (κ1) is 14.3. The molecule has 0 aliphatic heterocycles. The average Bonchev–Trinajstić information content (AvgIpc) is 2.63. The SMILES string of the molecule is NC(Cc1cc(Br)ccc1F)c1cc(Cl)sc1Cl. The van der Waals surface area contributed by atoms with E-state index in [1.165, 1.54) is 17.4 Å². The van der Waals surface area contributed by atoms with E-state index in [2.05, 4.69) is 15.9 Å². The third-order valence-electron chi connectivity index (χ3n) is 2.53. The molecule has 1 atom stereocenters. The molecule has 0 fully saturated rings. The minimum absolute atomic E-state index is 0.272. The fraction of sp³-hybridized carbons (Fsp3) is 0.167. The second-order valence-electron chi connectivity index (χ2n) is 3.83. The van der Waals surface area contributed by atoms with Crippen LogP contribution >= 0.6 is 50.5 Å². The van der Waals surface area contributed by atoms with Crippen LogP contribution in [0, 0.1) is 5.82 Å². The van der Waals surface area contributed by atoms with E-state index in [4.69, 9.17) is 28.9 Å². The van der Waals surface area contributed by atoms with Gasteiger partial charge in [-0.1, -0.05) is 39.1 Å². The molecule has 2 N–H and O–H groups in total. The van der Waals surface area contributed by atoms with Gasteiger partial charge in [-0.2, -0.15) is 0 Å². The van der Waals surface area contributed by atoms with E-state index in [0.29, 0.717) is 20.7 Å². The van der Waals surface area contributed by atoms with Gasteiger partial charge in [0, 0.05) is 16.1 Å². The third kappa shape index (κ3) is 3.25. The van der Waals surface area contributed by atoms with Crippen molar-refractivity contribution in [1.82, 2.24) is 0 Å². The Morgan fingerprint density at radius 2 is 2.06 bits per heavy atom. The van der Waals surface area contributed by atoms with Crippen molar-refractivity contribution in [2.24, 2.45) is 5.73 Å². The van der Waals surface area contributed by atoms with Crippen molar-refractivity contribution in [3.8, 4) is 0 Å². The summed E-state index contributed by atoms with van der Waals surface area (Å²) in [4.78, 5) is 0. The zero-order chi connectivity index (χ0) is 13.3. The fourth-order valence-corrected chi connectivity index (χ4v) is 3.66. The first-order valence-electron chi connectivity index (χ1n) is 5.11. The van der Waals surface area contributed by atoms with Gasteiger partial charge in [-0.15, -0.1) is 11.3 Å². The highest BCUT2D eigenvalue weighted by Crippen LogP contribution is 2.35. The zero-order valence-corrected chi connectivity index (χ0v) is 13.0. The molecule has 1 nitrogen and oxygen atoms in total. The molecular formula is C12H9BrCl2FNS. The summed E-state index contributed by atoms with van der Waals surface area (Å²) < 4.78 is 15.6. The third-order valence-corrected chi connectivity index (χ3v) is 4.54. The van der Waals surface area contributed by atoms with Gasteiger partial charge in [-0.3, -0.25) is 0 Å². The predicted octanol–water partition coefficient (Wildman–Crippen LogP) is 5.20. The second kappa shape index (κ2) is 5.88. The molecule has 96 valence electrons. The van der Waals surface area contributed by atoms with Gasteiger partial charge in [-0.05, 0) is 36.2 Å². The van der Waals surface area contributed by atoms with E-state index in [9.17, 15) is 4.39 Å². The van der Waals surface area contributed by atoms with Crippen LogP contribution in [0.3, 0.4) is 0 Å². The summed E-state index contributed by atoms with van der Waals surface area (Å²) in [5.41, 5.74) is 7.35. The maximum absolute atomic E-state index is 13.6. The van der Waals surface area contributed by atoms with E-state index in [1.54, 1.807) is 18.2 Å². The lowest BCUT2D eigenvalue weighted by Gasteiger charge is -2.12. The Morgan fingerprint density at radius 3 is 2.67 bits per heavy atom. The van der Waals surface area contributed by atoms with Gasteiger partial charge >= 0.3 is 0 Å². The quantitative estimate of drug-likeness (QED) is 0.791. The van der Waals surface area contributed by atoms with Crippen LogP contribution < -0.4 is 5.73 Å². The summed E-state index contributed by atoms with van der Waals surface area (Å²) >= 11 is 16.5. The lowest BCUT2D eigenvalue weighted by atomic mass is 10.0. The van der Waals surface area contributed by atoms with Gasteiger partial charge in [0.05, 0.1) is 8.67 Å². The lowest BCUT2D eigenvalue weighted by Crippen LogP contribution is -2.13. The standard InChI is InChI=1S/C12H9BrCl2FNS/c13-7-1-2-9(16)6(3-7)4-10(17)8-5-11(14)18-12(8)15/h1-3,5,10H,4,17H2. The maximum Gasteiger partial charge on any atom is 0.126 e. The highest BCUT2D eigenvalue weighted by atomic mass is 79.9. The van der Waals surface area contributed by atoms with Crippen LogP contribution in [0.15, 0.2) is 28.7 Å². The molecule has 1 aromatic carbocycles. The van der Waals surface area contributed by atoms with E-state index in [1.807, 2.05) is 0 Å². The van der Waals surface area contributed by atoms with Crippen molar-refractivity contribution >= 4 is 50.5 Å².